The van der Waals surface area contributed by atoms with E-state index in [2.05, 4.69) is 0 Å². The molecule has 0 radical (unpaired) electrons. The molecule has 3 aromatic carbocycles. The molecule has 0 aliphatic carbocycles. The molecule has 0 aromatic heterocycles. The summed E-state index contributed by atoms with van der Waals surface area (Å²) in [6, 6.07) is 13.8. The Bertz CT molecular complexity index is 1100. The van der Waals surface area contributed by atoms with Gasteiger partial charge in [-0.1, -0.05) is 42.5 Å². The highest BCUT2D eigenvalue weighted by molar-refractivity contribution is 7.79. The Labute approximate surface area is 207 Å². The average Bonchev–Trinajstić information content (AvgIpc) is 2.75. The zero-order valence-electron chi connectivity index (χ0n) is 20.8. The molecule has 0 heterocycles. The van der Waals surface area contributed by atoms with Gasteiger partial charge in [0.15, 0.2) is 0 Å². The highest BCUT2D eigenvalue weighted by Gasteiger charge is 2.07. The fraction of sp³-hybridized carbons (Fsp3) is 0.269. The fourth-order valence-electron chi connectivity index (χ4n) is 3.34. The van der Waals surface area contributed by atoms with Crippen molar-refractivity contribution in [3.8, 4) is 17.2 Å². The Balaban J connectivity index is 0.000000598. The van der Waals surface area contributed by atoms with Crippen molar-refractivity contribution in [2.75, 3.05) is 0 Å². The van der Waals surface area contributed by atoms with Crippen molar-refractivity contribution in [3.05, 3.63) is 87.0 Å². The lowest BCUT2D eigenvalue weighted by Crippen LogP contribution is -1.93. The Kier molecular flexibility index (Phi) is 12.7. The monoisotopic (exact) mass is 506 g/mol. The smallest absolute Gasteiger partial charge is 0.394 e. The van der Waals surface area contributed by atoms with E-state index >= 15 is 0 Å². The van der Waals surface area contributed by atoms with Crippen LogP contribution < -0.4 is 0 Å². The number of para-hydroxylation sites is 1. The maximum atomic E-state index is 9.79. The highest BCUT2D eigenvalue weighted by atomic mass is 32.3. The number of carbonyl (C=O) groups excluding carboxylic acids is 1. The fourth-order valence-corrected chi connectivity index (χ4v) is 3.34. The van der Waals surface area contributed by atoms with Gasteiger partial charge in [0.25, 0.3) is 0 Å². The number of benzene rings is 3. The van der Waals surface area contributed by atoms with Crippen molar-refractivity contribution in [1.82, 2.24) is 0 Å². The van der Waals surface area contributed by atoms with Crippen molar-refractivity contribution < 1.29 is 37.6 Å². The van der Waals surface area contributed by atoms with Gasteiger partial charge in [0.05, 0.1) is 0 Å². The molecular formula is C26H34O8S. The van der Waals surface area contributed by atoms with Gasteiger partial charge in [-0.25, -0.2) is 0 Å². The van der Waals surface area contributed by atoms with Gasteiger partial charge in [0, 0.05) is 0 Å². The van der Waals surface area contributed by atoms with Crippen LogP contribution in [0.3, 0.4) is 0 Å². The molecule has 3 aromatic rings. The van der Waals surface area contributed by atoms with Gasteiger partial charge in [-0.3, -0.25) is 9.11 Å². The minimum Gasteiger partial charge on any atom is -0.507 e. The molecule has 3 rings (SSSR count). The molecule has 35 heavy (non-hydrogen) atoms. The lowest BCUT2D eigenvalue weighted by Gasteiger charge is -2.10. The first-order valence-electron chi connectivity index (χ1n) is 10.4. The third-order valence-corrected chi connectivity index (χ3v) is 4.95. The lowest BCUT2D eigenvalue weighted by molar-refractivity contribution is -0.0980. The van der Waals surface area contributed by atoms with Crippen LogP contribution >= 0.6 is 0 Å². The quantitative estimate of drug-likeness (QED) is 0.301. The van der Waals surface area contributed by atoms with Crippen LogP contribution in [0.1, 0.15) is 44.5 Å². The molecule has 5 N–H and O–H groups in total. The normalized spacial score (nSPS) is 10.1. The average molecular weight is 507 g/mol. The predicted molar refractivity (Wildman–Crippen MR) is 137 cm³/mol. The molecule has 0 amide bonds. The zero-order valence-corrected chi connectivity index (χ0v) is 21.6. The van der Waals surface area contributed by atoms with Crippen molar-refractivity contribution in [3.63, 3.8) is 0 Å². The number of hydrogen-bond donors (Lipinski definition) is 5. The molecule has 9 heteroatoms. The molecule has 8 nitrogen and oxygen atoms in total. The molecule has 0 saturated heterocycles. The third-order valence-electron chi connectivity index (χ3n) is 4.95. The SMILES string of the molecule is C=O.Cc1cc(Cc2cc(C)c(O)c(C)c2)cc(C)c1O.Cc1cccc(C)c1O.O=S(=O)(O)O. The Morgan fingerprint density at radius 3 is 1.06 bits per heavy atom. The first kappa shape index (κ1) is 31.6. The standard InChI is InChI=1S/C17H20O2.C8H10O.CH2O.H2O4S/c1-10-5-14(6-11(2)16(10)18)9-15-7-12(3)17(19)13(4)8-15;1-6-4-3-5-7(2)8(6)9;1-2;1-5(2,3)4/h5-8,18-19H,9H2,1-4H3;3-5,9H,1-2H3;1H2;(H2,1,2,3,4). The van der Waals surface area contributed by atoms with Crippen LogP contribution in [0, 0.1) is 41.5 Å². The van der Waals surface area contributed by atoms with Crippen molar-refractivity contribution >= 4 is 17.2 Å². The molecule has 0 atom stereocenters. The van der Waals surface area contributed by atoms with E-state index in [4.69, 9.17) is 22.3 Å². The second-order valence-electron chi connectivity index (χ2n) is 8.02. The zero-order chi connectivity index (χ0) is 27.5. The summed E-state index contributed by atoms with van der Waals surface area (Å²) in [6.07, 6.45) is 0.809. The number of aryl methyl sites for hydroxylation is 6. The molecule has 0 saturated carbocycles. The molecule has 0 spiro atoms. The summed E-state index contributed by atoms with van der Waals surface area (Å²) >= 11 is 0. The van der Waals surface area contributed by atoms with E-state index in [0.29, 0.717) is 17.2 Å². The van der Waals surface area contributed by atoms with Crippen LogP contribution in [0.15, 0.2) is 42.5 Å². The number of hydrogen-bond acceptors (Lipinski definition) is 6. The van der Waals surface area contributed by atoms with E-state index in [0.717, 1.165) is 39.8 Å². The summed E-state index contributed by atoms with van der Waals surface area (Å²) in [4.78, 5) is 8.00. The summed E-state index contributed by atoms with van der Waals surface area (Å²) < 4.78 is 31.6. The van der Waals surface area contributed by atoms with E-state index in [-0.39, 0.29) is 0 Å². The van der Waals surface area contributed by atoms with Crippen molar-refractivity contribution in [2.24, 2.45) is 0 Å². The molecule has 0 bridgehead atoms. The van der Waals surface area contributed by atoms with E-state index in [9.17, 15) is 15.3 Å². The Morgan fingerprint density at radius 2 is 0.829 bits per heavy atom. The summed E-state index contributed by atoms with van der Waals surface area (Å²) in [7, 11) is -4.67. The van der Waals surface area contributed by atoms with Gasteiger partial charge in [0.1, 0.15) is 24.0 Å². The second kappa shape index (κ2) is 14.1. The first-order valence-corrected chi connectivity index (χ1v) is 11.8. The van der Waals surface area contributed by atoms with Crippen LogP contribution in [0.5, 0.6) is 17.2 Å². The van der Waals surface area contributed by atoms with Gasteiger partial charge >= 0.3 is 10.4 Å². The molecular weight excluding hydrogens is 472 g/mol. The number of phenolic OH excluding ortho intramolecular Hbond substituents is 3. The van der Waals surface area contributed by atoms with Gasteiger partial charge in [-0.15, -0.1) is 0 Å². The van der Waals surface area contributed by atoms with Crippen LogP contribution in [0.25, 0.3) is 0 Å². The minimum atomic E-state index is -4.67. The lowest BCUT2D eigenvalue weighted by atomic mass is 9.97. The van der Waals surface area contributed by atoms with E-state index in [1.54, 1.807) is 0 Å². The Morgan fingerprint density at radius 1 is 0.600 bits per heavy atom. The summed E-state index contributed by atoms with van der Waals surface area (Å²) in [5.41, 5.74) is 7.86. The summed E-state index contributed by atoms with van der Waals surface area (Å²) in [5.74, 6) is 1.17. The van der Waals surface area contributed by atoms with Crippen LogP contribution in [0.4, 0.5) is 0 Å². The number of aromatic hydroxyl groups is 3. The van der Waals surface area contributed by atoms with E-state index < -0.39 is 10.4 Å². The molecule has 0 unspecified atom stereocenters. The first-order chi connectivity index (χ1) is 16.1. The molecule has 0 aliphatic rings. The number of carbonyl (C=O) groups is 1. The largest absolute Gasteiger partial charge is 0.507 e. The predicted octanol–water partition coefficient (Wildman–Crippen LogP) is 5.09. The topological polar surface area (TPSA) is 152 Å². The molecule has 0 aliphatic heterocycles. The summed E-state index contributed by atoms with van der Waals surface area (Å²) in [6.45, 7) is 13.4. The van der Waals surface area contributed by atoms with Crippen LogP contribution in [-0.4, -0.2) is 39.6 Å². The summed E-state index contributed by atoms with van der Waals surface area (Å²) in [5, 5.41) is 28.8. The molecule has 0 fully saturated rings. The van der Waals surface area contributed by atoms with Gasteiger partial charge < -0.3 is 20.1 Å². The highest BCUT2D eigenvalue weighted by Crippen LogP contribution is 2.27. The second-order valence-corrected chi connectivity index (χ2v) is 8.92. The van der Waals surface area contributed by atoms with Crippen molar-refractivity contribution in [1.29, 1.82) is 0 Å². The number of phenols is 3. The maximum Gasteiger partial charge on any atom is 0.394 e. The molecule has 192 valence electrons. The van der Waals surface area contributed by atoms with Crippen LogP contribution in [0.2, 0.25) is 0 Å². The van der Waals surface area contributed by atoms with Crippen molar-refractivity contribution in [2.45, 2.75) is 48.0 Å². The maximum absolute atomic E-state index is 9.79. The van der Waals surface area contributed by atoms with Crippen LogP contribution in [-0.2, 0) is 21.6 Å². The minimum absolute atomic E-state index is 0.377. The van der Waals surface area contributed by atoms with Gasteiger partial charge in [-0.05, 0) is 92.5 Å². The van der Waals surface area contributed by atoms with E-state index in [1.165, 1.54) is 11.1 Å². The number of rotatable bonds is 2. The van der Waals surface area contributed by atoms with Gasteiger partial charge in [-0.2, -0.15) is 8.42 Å². The van der Waals surface area contributed by atoms with Gasteiger partial charge in [0.2, 0.25) is 0 Å². The third kappa shape index (κ3) is 11.5. The Hall–Kier alpha value is -3.40. The van der Waals surface area contributed by atoms with E-state index in [1.807, 2.05) is 90.8 Å².